The van der Waals surface area contributed by atoms with Gasteiger partial charge < -0.3 is 9.47 Å². The molecule has 0 saturated heterocycles. The van der Waals surface area contributed by atoms with Crippen LogP contribution in [0.1, 0.15) is 22.3 Å². The standard InChI is InChI=1S/C41H26N2O2/c1-4-13-27(14-5-1)33-26-34(43-40(42-33)28-15-6-2-7-16-28)29-23-24-32-38(25-29)45-37-22-12-21-36-39(37)41(32,30-17-8-3-9-18-30)31-19-10-11-20-35(31)44-36/h1-26H. The van der Waals surface area contributed by atoms with E-state index >= 15 is 0 Å². The third kappa shape index (κ3) is 3.93. The lowest BCUT2D eigenvalue weighted by Crippen LogP contribution is -2.36. The van der Waals surface area contributed by atoms with Gasteiger partial charge in [-0.25, -0.2) is 9.97 Å². The molecule has 1 unspecified atom stereocenters. The zero-order valence-corrected chi connectivity index (χ0v) is 24.2. The van der Waals surface area contributed by atoms with Gasteiger partial charge in [-0.2, -0.15) is 0 Å². The molecular formula is C41H26N2O2. The van der Waals surface area contributed by atoms with Gasteiger partial charge in [0.15, 0.2) is 5.82 Å². The second kappa shape index (κ2) is 10.0. The predicted octanol–water partition coefficient (Wildman–Crippen LogP) is 10.1. The molecule has 3 heterocycles. The van der Waals surface area contributed by atoms with Gasteiger partial charge in [0.25, 0.3) is 0 Å². The lowest BCUT2D eigenvalue weighted by atomic mass is 9.62. The molecule has 0 saturated carbocycles. The van der Waals surface area contributed by atoms with E-state index in [1.807, 2.05) is 72.8 Å². The number of aromatic nitrogens is 2. The molecule has 45 heavy (non-hydrogen) atoms. The molecule has 7 aromatic rings. The fourth-order valence-electron chi connectivity index (χ4n) is 6.86. The van der Waals surface area contributed by atoms with Crippen LogP contribution in [-0.2, 0) is 5.41 Å². The van der Waals surface area contributed by atoms with Crippen LogP contribution in [0.4, 0.5) is 0 Å². The monoisotopic (exact) mass is 578 g/mol. The van der Waals surface area contributed by atoms with Gasteiger partial charge in [-0.1, -0.05) is 127 Å². The number of nitrogens with zero attached hydrogens (tertiary/aromatic N) is 2. The Morgan fingerprint density at radius 3 is 1.69 bits per heavy atom. The molecule has 9 rings (SSSR count). The van der Waals surface area contributed by atoms with E-state index < -0.39 is 5.41 Å². The summed E-state index contributed by atoms with van der Waals surface area (Å²) < 4.78 is 13.2. The summed E-state index contributed by atoms with van der Waals surface area (Å²) in [5.41, 5.74) is 8.37. The molecule has 0 fully saturated rings. The summed E-state index contributed by atoms with van der Waals surface area (Å²) in [6, 6.07) is 54.0. The molecule has 0 amide bonds. The quantitative estimate of drug-likeness (QED) is 0.208. The Kier molecular flexibility index (Phi) is 5.69. The van der Waals surface area contributed by atoms with Crippen molar-refractivity contribution in [3.63, 3.8) is 0 Å². The topological polar surface area (TPSA) is 44.2 Å². The molecule has 4 nitrogen and oxygen atoms in total. The van der Waals surface area contributed by atoms with Crippen molar-refractivity contribution < 1.29 is 9.47 Å². The number of fused-ring (bicyclic) bond motifs is 4. The summed E-state index contributed by atoms with van der Waals surface area (Å²) in [6.45, 7) is 0. The normalized spacial score (nSPS) is 15.6. The zero-order chi connectivity index (χ0) is 29.8. The summed E-state index contributed by atoms with van der Waals surface area (Å²) >= 11 is 0. The number of para-hydroxylation sites is 1. The highest BCUT2D eigenvalue weighted by Gasteiger charge is 2.51. The summed E-state index contributed by atoms with van der Waals surface area (Å²) in [5, 5.41) is 0. The smallest absolute Gasteiger partial charge is 0.160 e. The van der Waals surface area contributed by atoms with Gasteiger partial charge in [0.1, 0.15) is 23.0 Å². The third-order valence-electron chi connectivity index (χ3n) is 8.81. The zero-order valence-electron chi connectivity index (χ0n) is 24.2. The molecule has 0 radical (unpaired) electrons. The third-order valence-corrected chi connectivity index (χ3v) is 8.81. The molecule has 0 spiro atoms. The van der Waals surface area contributed by atoms with E-state index in [0.29, 0.717) is 5.82 Å². The Hall–Kier alpha value is -6.00. The van der Waals surface area contributed by atoms with E-state index in [1.165, 1.54) is 0 Å². The molecule has 2 aliphatic heterocycles. The van der Waals surface area contributed by atoms with Crippen molar-refractivity contribution in [1.29, 1.82) is 0 Å². The fourth-order valence-corrected chi connectivity index (χ4v) is 6.86. The maximum atomic E-state index is 6.75. The Morgan fingerprint density at radius 1 is 0.400 bits per heavy atom. The summed E-state index contributed by atoms with van der Waals surface area (Å²) in [4.78, 5) is 10.1. The van der Waals surface area contributed by atoms with Gasteiger partial charge in [0.05, 0.1) is 22.4 Å². The maximum absolute atomic E-state index is 6.75. The molecule has 0 N–H and O–H groups in total. The highest BCUT2D eigenvalue weighted by atomic mass is 16.5. The first-order valence-electron chi connectivity index (χ1n) is 15.1. The van der Waals surface area contributed by atoms with Crippen LogP contribution in [-0.4, -0.2) is 9.97 Å². The number of hydrogen-bond acceptors (Lipinski definition) is 4. The van der Waals surface area contributed by atoms with Crippen molar-refractivity contribution in [2.45, 2.75) is 5.41 Å². The number of hydrogen-bond donors (Lipinski definition) is 0. The van der Waals surface area contributed by atoms with Crippen molar-refractivity contribution in [3.05, 3.63) is 180 Å². The first-order valence-corrected chi connectivity index (χ1v) is 15.1. The summed E-state index contributed by atoms with van der Waals surface area (Å²) in [5.74, 6) is 3.91. The van der Waals surface area contributed by atoms with Crippen molar-refractivity contribution in [3.8, 4) is 56.9 Å². The SMILES string of the molecule is c1ccc(-c2cc(-c3ccc4c(c3)Oc3cccc5c3C4(c3ccccc3)c3ccccc3O5)nc(-c3ccccc3)n2)cc1. The number of ether oxygens (including phenoxy) is 2. The van der Waals surface area contributed by atoms with E-state index in [9.17, 15) is 0 Å². The molecular weight excluding hydrogens is 552 g/mol. The maximum Gasteiger partial charge on any atom is 0.160 e. The Balaban J connectivity index is 1.29. The Morgan fingerprint density at radius 2 is 0.956 bits per heavy atom. The van der Waals surface area contributed by atoms with Crippen LogP contribution < -0.4 is 9.47 Å². The molecule has 0 aliphatic carbocycles. The van der Waals surface area contributed by atoms with E-state index in [0.717, 1.165) is 73.3 Å². The average molecular weight is 579 g/mol. The van der Waals surface area contributed by atoms with Crippen LogP contribution >= 0.6 is 0 Å². The van der Waals surface area contributed by atoms with E-state index in [-0.39, 0.29) is 0 Å². The highest BCUT2D eigenvalue weighted by Crippen LogP contribution is 2.62. The average Bonchev–Trinajstić information content (AvgIpc) is 3.12. The van der Waals surface area contributed by atoms with E-state index in [1.54, 1.807) is 0 Å². The molecule has 1 atom stereocenters. The molecule has 1 aromatic heterocycles. The summed E-state index contributed by atoms with van der Waals surface area (Å²) in [6.07, 6.45) is 0. The summed E-state index contributed by atoms with van der Waals surface area (Å²) in [7, 11) is 0. The van der Waals surface area contributed by atoms with Gasteiger partial charge in [-0.05, 0) is 35.9 Å². The van der Waals surface area contributed by atoms with Crippen LogP contribution in [0, 0.1) is 0 Å². The fraction of sp³-hybridized carbons (Fsp3) is 0.0244. The van der Waals surface area contributed by atoms with Crippen molar-refractivity contribution in [2.75, 3.05) is 0 Å². The lowest BCUT2D eigenvalue weighted by Gasteiger charge is -2.45. The van der Waals surface area contributed by atoms with E-state index in [2.05, 4.69) is 84.9 Å². The van der Waals surface area contributed by atoms with Crippen LogP contribution in [0.25, 0.3) is 33.9 Å². The van der Waals surface area contributed by atoms with Crippen molar-refractivity contribution >= 4 is 0 Å². The second-order valence-corrected chi connectivity index (χ2v) is 11.4. The number of benzene rings is 6. The van der Waals surface area contributed by atoms with Gasteiger partial charge in [0, 0.05) is 27.8 Å². The van der Waals surface area contributed by atoms with Gasteiger partial charge in [0.2, 0.25) is 0 Å². The molecule has 212 valence electrons. The predicted molar refractivity (Wildman–Crippen MR) is 177 cm³/mol. The van der Waals surface area contributed by atoms with Crippen LogP contribution in [0.5, 0.6) is 23.0 Å². The largest absolute Gasteiger partial charge is 0.457 e. The first kappa shape index (κ1) is 25.5. The minimum absolute atomic E-state index is 0.621. The Bertz CT molecular complexity index is 2160. The lowest BCUT2D eigenvalue weighted by molar-refractivity contribution is 0.385. The highest BCUT2D eigenvalue weighted by molar-refractivity contribution is 5.79. The van der Waals surface area contributed by atoms with Crippen LogP contribution in [0.15, 0.2) is 158 Å². The van der Waals surface area contributed by atoms with E-state index in [4.69, 9.17) is 19.4 Å². The van der Waals surface area contributed by atoms with Gasteiger partial charge in [-0.3, -0.25) is 0 Å². The van der Waals surface area contributed by atoms with Crippen LogP contribution in [0.3, 0.4) is 0 Å². The first-order chi connectivity index (χ1) is 22.3. The Labute approximate surface area is 261 Å². The number of rotatable bonds is 4. The second-order valence-electron chi connectivity index (χ2n) is 11.4. The van der Waals surface area contributed by atoms with Crippen molar-refractivity contribution in [2.24, 2.45) is 0 Å². The van der Waals surface area contributed by atoms with Gasteiger partial charge >= 0.3 is 0 Å². The van der Waals surface area contributed by atoms with Gasteiger partial charge in [-0.15, -0.1) is 0 Å². The molecule has 4 heteroatoms. The molecule has 6 aromatic carbocycles. The molecule has 0 bridgehead atoms. The van der Waals surface area contributed by atoms with Crippen molar-refractivity contribution in [1.82, 2.24) is 9.97 Å². The van der Waals surface area contributed by atoms with Crippen LogP contribution in [0.2, 0.25) is 0 Å². The molecule has 2 aliphatic rings. The minimum atomic E-state index is -0.621. The minimum Gasteiger partial charge on any atom is -0.457 e.